The van der Waals surface area contributed by atoms with Crippen LogP contribution in [0.1, 0.15) is 51.3 Å². The lowest BCUT2D eigenvalue weighted by Crippen LogP contribution is -2.50. The number of imidazole rings is 1. The van der Waals surface area contributed by atoms with Gasteiger partial charge in [0.05, 0.1) is 12.5 Å². The average molecular weight is 330 g/mol. The Bertz CT molecular complexity index is 580. The van der Waals surface area contributed by atoms with Gasteiger partial charge in [0, 0.05) is 44.6 Å². The second-order valence-corrected chi connectivity index (χ2v) is 7.95. The van der Waals surface area contributed by atoms with E-state index in [-0.39, 0.29) is 5.92 Å². The molecule has 1 amide bonds. The van der Waals surface area contributed by atoms with Gasteiger partial charge in [-0.05, 0) is 38.0 Å². The Morgan fingerprint density at radius 3 is 2.83 bits per heavy atom. The van der Waals surface area contributed by atoms with Gasteiger partial charge < -0.3 is 9.47 Å². The van der Waals surface area contributed by atoms with Crippen molar-refractivity contribution in [2.75, 3.05) is 19.6 Å². The summed E-state index contributed by atoms with van der Waals surface area (Å²) in [6.07, 6.45) is 11.4. The van der Waals surface area contributed by atoms with E-state index in [9.17, 15) is 4.79 Å². The third-order valence-corrected chi connectivity index (χ3v) is 6.18. The summed E-state index contributed by atoms with van der Waals surface area (Å²) in [7, 11) is 0. The summed E-state index contributed by atoms with van der Waals surface area (Å²) >= 11 is 0. The SMILES string of the molecule is CCCn1ccnc1CN1C[C@H]2CC[C@@H](C1)N(CC1CCC1)C2=O. The molecule has 0 N–H and O–H groups in total. The van der Waals surface area contributed by atoms with E-state index in [1.165, 1.54) is 25.7 Å². The fourth-order valence-corrected chi connectivity index (χ4v) is 4.59. The van der Waals surface area contributed by atoms with E-state index in [0.717, 1.165) is 57.3 Å². The topological polar surface area (TPSA) is 41.4 Å². The third-order valence-electron chi connectivity index (χ3n) is 6.18. The van der Waals surface area contributed by atoms with Crippen molar-refractivity contribution in [3.05, 3.63) is 18.2 Å². The number of rotatable bonds is 6. The first-order valence-corrected chi connectivity index (χ1v) is 9.77. The Balaban J connectivity index is 1.45. The van der Waals surface area contributed by atoms with Gasteiger partial charge in [-0.25, -0.2) is 4.98 Å². The van der Waals surface area contributed by atoms with Gasteiger partial charge in [0.15, 0.2) is 0 Å². The number of hydrogen-bond acceptors (Lipinski definition) is 3. The molecule has 0 aromatic carbocycles. The number of amides is 1. The first-order valence-electron chi connectivity index (χ1n) is 9.77. The fourth-order valence-electron chi connectivity index (χ4n) is 4.59. The Labute approximate surface area is 145 Å². The van der Waals surface area contributed by atoms with Gasteiger partial charge in [0.1, 0.15) is 5.82 Å². The minimum atomic E-state index is 0.207. The van der Waals surface area contributed by atoms with E-state index in [1.54, 1.807) is 0 Å². The lowest BCUT2D eigenvalue weighted by molar-refractivity contribution is -0.141. The fraction of sp³-hybridized carbons (Fsp3) is 0.789. The molecule has 2 bridgehead atoms. The molecule has 2 atom stereocenters. The molecular formula is C19H30N4O. The van der Waals surface area contributed by atoms with E-state index in [0.29, 0.717) is 11.9 Å². The van der Waals surface area contributed by atoms with Crippen molar-refractivity contribution in [2.24, 2.45) is 11.8 Å². The molecule has 5 heteroatoms. The largest absolute Gasteiger partial charge is 0.338 e. The molecule has 0 radical (unpaired) electrons. The van der Waals surface area contributed by atoms with Crippen LogP contribution in [0.4, 0.5) is 0 Å². The number of fused-ring (bicyclic) bond motifs is 4. The van der Waals surface area contributed by atoms with Crippen LogP contribution < -0.4 is 0 Å². The second-order valence-electron chi connectivity index (χ2n) is 7.95. The van der Waals surface area contributed by atoms with Gasteiger partial charge in [-0.2, -0.15) is 0 Å². The lowest BCUT2D eigenvalue weighted by atomic mass is 9.83. The molecule has 4 fully saturated rings. The molecule has 5 rings (SSSR count). The molecule has 3 aliphatic heterocycles. The van der Waals surface area contributed by atoms with Crippen molar-refractivity contribution in [3.63, 3.8) is 0 Å². The maximum Gasteiger partial charge on any atom is 0.227 e. The predicted octanol–water partition coefficient (Wildman–Crippen LogP) is 2.52. The van der Waals surface area contributed by atoms with E-state index in [4.69, 9.17) is 0 Å². The van der Waals surface area contributed by atoms with Crippen LogP contribution in [0.5, 0.6) is 0 Å². The quantitative estimate of drug-likeness (QED) is 0.805. The van der Waals surface area contributed by atoms with Crippen LogP contribution in [0.3, 0.4) is 0 Å². The number of carbonyl (C=O) groups is 1. The molecule has 4 heterocycles. The van der Waals surface area contributed by atoms with Crippen molar-refractivity contribution in [1.82, 2.24) is 19.4 Å². The minimum absolute atomic E-state index is 0.207. The summed E-state index contributed by atoms with van der Waals surface area (Å²) < 4.78 is 2.26. The van der Waals surface area contributed by atoms with Crippen LogP contribution in [0.2, 0.25) is 0 Å². The Hall–Kier alpha value is -1.36. The summed E-state index contributed by atoms with van der Waals surface area (Å²) in [4.78, 5) is 22.2. The smallest absolute Gasteiger partial charge is 0.227 e. The third kappa shape index (κ3) is 3.10. The van der Waals surface area contributed by atoms with Crippen molar-refractivity contribution < 1.29 is 4.79 Å². The molecule has 24 heavy (non-hydrogen) atoms. The van der Waals surface area contributed by atoms with E-state index >= 15 is 0 Å². The molecule has 132 valence electrons. The molecule has 0 spiro atoms. The molecule has 1 aromatic heterocycles. The number of piperidine rings is 1. The van der Waals surface area contributed by atoms with E-state index in [1.807, 2.05) is 6.20 Å². The van der Waals surface area contributed by atoms with Crippen LogP contribution in [0.25, 0.3) is 0 Å². The zero-order chi connectivity index (χ0) is 16.5. The normalized spacial score (nSPS) is 28.2. The highest BCUT2D eigenvalue weighted by molar-refractivity contribution is 5.80. The number of nitrogens with zero attached hydrogens (tertiary/aromatic N) is 4. The molecule has 0 unspecified atom stereocenters. The first kappa shape index (κ1) is 16.1. The summed E-state index contributed by atoms with van der Waals surface area (Å²) in [5.41, 5.74) is 0. The maximum absolute atomic E-state index is 12.9. The van der Waals surface area contributed by atoms with Crippen molar-refractivity contribution in [1.29, 1.82) is 0 Å². The number of hydrogen-bond donors (Lipinski definition) is 0. The molecule has 5 nitrogen and oxygen atoms in total. The zero-order valence-electron chi connectivity index (χ0n) is 14.9. The zero-order valence-corrected chi connectivity index (χ0v) is 14.9. The van der Waals surface area contributed by atoms with Crippen molar-refractivity contribution >= 4 is 5.91 Å². The molecular weight excluding hydrogens is 300 g/mol. The number of aromatic nitrogens is 2. The summed E-state index contributed by atoms with van der Waals surface area (Å²) in [6, 6.07) is 0.423. The highest BCUT2D eigenvalue weighted by Gasteiger charge is 2.41. The van der Waals surface area contributed by atoms with Crippen molar-refractivity contribution in [2.45, 2.75) is 64.6 Å². The van der Waals surface area contributed by atoms with Gasteiger partial charge in [-0.1, -0.05) is 13.3 Å². The molecule has 1 saturated carbocycles. The van der Waals surface area contributed by atoms with Gasteiger partial charge in [0.25, 0.3) is 0 Å². The Morgan fingerprint density at radius 1 is 1.21 bits per heavy atom. The Kier molecular flexibility index (Phi) is 4.61. The summed E-state index contributed by atoms with van der Waals surface area (Å²) in [6.45, 7) is 7.06. The first-order chi connectivity index (χ1) is 11.7. The molecule has 1 aliphatic carbocycles. The van der Waals surface area contributed by atoms with Gasteiger partial charge in [-0.3, -0.25) is 9.69 Å². The Morgan fingerprint density at radius 2 is 2.08 bits per heavy atom. The van der Waals surface area contributed by atoms with Gasteiger partial charge in [0.2, 0.25) is 5.91 Å². The van der Waals surface area contributed by atoms with Gasteiger partial charge in [-0.15, -0.1) is 0 Å². The standard InChI is InChI=1S/C19H30N4O/c1-2-9-22-10-8-20-18(22)14-21-12-16-6-7-17(13-21)23(19(16)24)11-15-4-3-5-15/h8,10,15-17H,2-7,9,11-14H2,1H3/t16-,17+/m1/s1. The van der Waals surface area contributed by atoms with Crippen LogP contribution in [0.15, 0.2) is 12.4 Å². The number of carbonyl (C=O) groups excluding carboxylic acids is 1. The summed E-state index contributed by atoms with van der Waals surface area (Å²) in [5.74, 6) is 2.55. The minimum Gasteiger partial charge on any atom is -0.338 e. The summed E-state index contributed by atoms with van der Waals surface area (Å²) in [5, 5.41) is 0. The monoisotopic (exact) mass is 330 g/mol. The van der Waals surface area contributed by atoms with Crippen LogP contribution >= 0.6 is 0 Å². The highest BCUT2D eigenvalue weighted by atomic mass is 16.2. The number of aryl methyl sites for hydroxylation is 1. The maximum atomic E-state index is 12.9. The van der Waals surface area contributed by atoms with E-state index < -0.39 is 0 Å². The molecule has 3 saturated heterocycles. The van der Waals surface area contributed by atoms with Crippen LogP contribution in [-0.2, 0) is 17.9 Å². The van der Waals surface area contributed by atoms with Crippen LogP contribution in [0, 0.1) is 11.8 Å². The van der Waals surface area contributed by atoms with E-state index in [2.05, 4.69) is 32.5 Å². The van der Waals surface area contributed by atoms with Crippen molar-refractivity contribution in [3.8, 4) is 0 Å². The second kappa shape index (κ2) is 6.87. The highest BCUT2D eigenvalue weighted by Crippen LogP contribution is 2.34. The predicted molar refractivity (Wildman–Crippen MR) is 93.4 cm³/mol. The lowest BCUT2D eigenvalue weighted by Gasteiger charge is -2.40. The average Bonchev–Trinajstić information content (AvgIpc) is 2.78. The van der Waals surface area contributed by atoms with Crippen LogP contribution in [-0.4, -0.2) is 50.9 Å². The van der Waals surface area contributed by atoms with Gasteiger partial charge >= 0.3 is 0 Å². The molecule has 1 aromatic rings. The molecule has 4 aliphatic rings.